The molecule has 0 saturated heterocycles. The molecule has 0 saturated carbocycles. The fraction of sp³-hybridized carbons (Fsp3) is 0.556. The number of halogens is 1. The lowest BCUT2D eigenvalue weighted by Crippen LogP contribution is -2.38. The number of amides is 1. The number of hydrogen-bond acceptors (Lipinski definition) is 3. The third kappa shape index (κ3) is 5.80. The summed E-state index contributed by atoms with van der Waals surface area (Å²) in [7, 11) is 0. The number of carboxylic acids is 1. The molecule has 0 heterocycles. The zero-order valence-corrected chi connectivity index (χ0v) is 15.5. The van der Waals surface area contributed by atoms with Crippen molar-refractivity contribution in [1.82, 2.24) is 4.90 Å². The average molecular weight is 356 g/mol. The monoisotopic (exact) mass is 355 g/mol. The van der Waals surface area contributed by atoms with Gasteiger partial charge in [0.25, 0.3) is 5.91 Å². The van der Waals surface area contributed by atoms with Crippen molar-refractivity contribution in [2.75, 3.05) is 26.3 Å². The van der Waals surface area contributed by atoms with Crippen LogP contribution < -0.4 is 0 Å². The van der Waals surface area contributed by atoms with Crippen LogP contribution in [0.15, 0.2) is 12.1 Å². The Morgan fingerprint density at radius 3 is 2.50 bits per heavy atom. The standard InChI is InChI=1S/C18H26ClNO4/c1-5-24-8-6-7-20(11-14(4)18(22)23)17(21)15-9-12(2)13(3)10-16(15)19/h9-10,14H,5-8,11H2,1-4H3,(H,22,23). The first-order chi connectivity index (χ1) is 11.3. The van der Waals surface area contributed by atoms with Crippen molar-refractivity contribution in [3.05, 3.63) is 33.8 Å². The first-order valence-corrected chi connectivity index (χ1v) is 8.52. The smallest absolute Gasteiger partial charge is 0.308 e. The third-order valence-corrected chi connectivity index (χ3v) is 4.25. The van der Waals surface area contributed by atoms with Crippen molar-refractivity contribution in [2.24, 2.45) is 5.92 Å². The van der Waals surface area contributed by atoms with Gasteiger partial charge in [0.05, 0.1) is 16.5 Å². The zero-order chi connectivity index (χ0) is 18.3. The van der Waals surface area contributed by atoms with Crippen molar-refractivity contribution in [2.45, 2.75) is 34.1 Å². The van der Waals surface area contributed by atoms with Gasteiger partial charge < -0.3 is 14.7 Å². The lowest BCUT2D eigenvalue weighted by Gasteiger charge is -2.25. The molecule has 0 spiro atoms. The zero-order valence-electron chi connectivity index (χ0n) is 14.8. The van der Waals surface area contributed by atoms with Crippen LogP contribution in [0.2, 0.25) is 5.02 Å². The molecular formula is C18H26ClNO4. The van der Waals surface area contributed by atoms with Gasteiger partial charge in [-0.25, -0.2) is 0 Å². The summed E-state index contributed by atoms with van der Waals surface area (Å²) in [6.45, 7) is 9.06. The molecule has 0 aromatic heterocycles. The molecule has 134 valence electrons. The third-order valence-electron chi connectivity index (χ3n) is 3.94. The van der Waals surface area contributed by atoms with Gasteiger partial charge in [0.1, 0.15) is 0 Å². The van der Waals surface area contributed by atoms with Crippen LogP contribution >= 0.6 is 11.6 Å². The number of ether oxygens (including phenoxy) is 1. The molecule has 0 fully saturated rings. The first kappa shape index (κ1) is 20.5. The maximum Gasteiger partial charge on any atom is 0.308 e. The highest BCUT2D eigenvalue weighted by Gasteiger charge is 2.23. The van der Waals surface area contributed by atoms with E-state index < -0.39 is 11.9 Å². The van der Waals surface area contributed by atoms with E-state index >= 15 is 0 Å². The number of aryl methyl sites for hydroxylation is 2. The Bertz CT molecular complexity index is 589. The van der Waals surface area contributed by atoms with Crippen molar-refractivity contribution < 1.29 is 19.4 Å². The Kier molecular flexibility index (Phi) is 8.22. The first-order valence-electron chi connectivity index (χ1n) is 8.14. The van der Waals surface area contributed by atoms with E-state index in [1.54, 1.807) is 24.0 Å². The normalized spacial score (nSPS) is 12.0. The Hall–Kier alpha value is -1.59. The lowest BCUT2D eigenvalue weighted by molar-refractivity contribution is -0.141. The maximum atomic E-state index is 12.9. The highest BCUT2D eigenvalue weighted by molar-refractivity contribution is 6.34. The summed E-state index contributed by atoms with van der Waals surface area (Å²) >= 11 is 6.23. The molecule has 5 nitrogen and oxygen atoms in total. The Morgan fingerprint density at radius 2 is 1.92 bits per heavy atom. The Balaban J connectivity index is 2.97. The highest BCUT2D eigenvalue weighted by Crippen LogP contribution is 2.23. The molecule has 0 aliphatic heterocycles. The summed E-state index contributed by atoms with van der Waals surface area (Å²) < 4.78 is 5.30. The Labute approximate surface area is 148 Å². The van der Waals surface area contributed by atoms with Gasteiger partial charge in [-0.1, -0.05) is 18.5 Å². The van der Waals surface area contributed by atoms with Gasteiger partial charge in [-0.05, 0) is 50.5 Å². The van der Waals surface area contributed by atoms with E-state index in [2.05, 4.69) is 0 Å². The summed E-state index contributed by atoms with van der Waals surface area (Å²) in [5.74, 6) is -1.82. The molecule has 1 rings (SSSR count). The maximum absolute atomic E-state index is 12.9. The summed E-state index contributed by atoms with van der Waals surface area (Å²) in [4.78, 5) is 25.6. The van der Waals surface area contributed by atoms with Gasteiger partial charge in [0.2, 0.25) is 0 Å². The Morgan fingerprint density at radius 1 is 1.29 bits per heavy atom. The molecule has 6 heteroatoms. The molecule has 1 aromatic rings. The fourth-order valence-electron chi connectivity index (χ4n) is 2.30. The molecule has 1 aromatic carbocycles. The molecule has 1 amide bonds. The van der Waals surface area contributed by atoms with Crippen LogP contribution in [0.4, 0.5) is 0 Å². The molecule has 1 unspecified atom stereocenters. The summed E-state index contributed by atoms with van der Waals surface area (Å²) in [6.07, 6.45) is 0.647. The number of carbonyl (C=O) groups excluding carboxylic acids is 1. The van der Waals surface area contributed by atoms with Gasteiger partial charge in [-0.3, -0.25) is 9.59 Å². The van der Waals surface area contributed by atoms with E-state index in [1.165, 1.54) is 0 Å². The topological polar surface area (TPSA) is 66.8 Å². The molecule has 1 atom stereocenters. The van der Waals surface area contributed by atoms with E-state index in [4.69, 9.17) is 21.4 Å². The predicted octanol–water partition coefficient (Wildman–Crippen LogP) is 3.55. The van der Waals surface area contributed by atoms with Crippen molar-refractivity contribution in [3.63, 3.8) is 0 Å². The number of aliphatic carboxylic acids is 1. The van der Waals surface area contributed by atoms with Gasteiger partial charge >= 0.3 is 5.97 Å². The minimum atomic E-state index is -0.927. The van der Waals surface area contributed by atoms with Crippen molar-refractivity contribution in [1.29, 1.82) is 0 Å². The quantitative estimate of drug-likeness (QED) is 0.688. The van der Waals surface area contributed by atoms with Crippen molar-refractivity contribution >= 4 is 23.5 Å². The average Bonchev–Trinajstić information content (AvgIpc) is 2.52. The SMILES string of the molecule is CCOCCCN(CC(C)C(=O)O)C(=O)c1cc(C)c(C)cc1Cl. The van der Waals surface area contributed by atoms with E-state index in [9.17, 15) is 9.59 Å². The largest absolute Gasteiger partial charge is 0.481 e. The van der Waals surface area contributed by atoms with Crippen molar-refractivity contribution in [3.8, 4) is 0 Å². The molecule has 0 aliphatic carbocycles. The summed E-state index contributed by atoms with van der Waals surface area (Å²) in [6, 6.07) is 3.53. The second kappa shape index (κ2) is 9.64. The highest BCUT2D eigenvalue weighted by atomic mass is 35.5. The van der Waals surface area contributed by atoms with Crippen LogP contribution in [0.25, 0.3) is 0 Å². The lowest BCUT2D eigenvalue weighted by atomic mass is 10.0. The molecular weight excluding hydrogens is 330 g/mol. The number of rotatable bonds is 9. The molecule has 0 aliphatic rings. The van der Waals surface area contributed by atoms with Gasteiger partial charge in [0, 0.05) is 26.3 Å². The number of benzene rings is 1. The molecule has 1 N–H and O–H groups in total. The second-order valence-electron chi connectivity index (χ2n) is 5.96. The van der Waals surface area contributed by atoms with Crippen LogP contribution in [-0.4, -0.2) is 48.2 Å². The van der Waals surface area contributed by atoms with E-state index in [0.717, 1.165) is 11.1 Å². The molecule has 0 bridgehead atoms. The van der Waals surface area contributed by atoms with Gasteiger partial charge in [0.15, 0.2) is 0 Å². The van der Waals surface area contributed by atoms with E-state index in [-0.39, 0.29) is 12.5 Å². The molecule has 0 radical (unpaired) electrons. The minimum Gasteiger partial charge on any atom is -0.481 e. The minimum absolute atomic E-state index is 0.142. The number of carbonyl (C=O) groups is 2. The fourth-order valence-corrected chi connectivity index (χ4v) is 2.60. The van der Waals surface area contributed by atoms with Crippen LogP contribution in [0.3, 0.4) is 0 Å². The van der Waals surface area contributed by atoms with E-state index in [1.807, 2.05) is 20.8 Å². The van der Waals surface area contributed by atoms with E-state index in [0.29, 0.717) is 36.8 Å². The van der Waals surface area contributed by atoms with Crippen LogP contribution in [0.1, 0.15) is 41.8 Å². The summed E-state index contributed by atoms with van der Waals surface area (Å²) in [5, 5.41) is 9.53. The summed E-state index contributed by atoms with van der Waals surface area (Å²) in [5.41, 5.74) is 2.40. The number of carboxylic acid groups (broad SMARTS) is 1. The van der Waals surface area contributed by atoms with Crippen LogP contribution in [0.5, 0.6) is 0 Å². The van der Waals surface area contributed by atoms with Crippen LogP contribution in [0, 0.1) is 19.8 Å². The van der Waals surface area contributed by atoms with Gasteiger partial charge in [-0.15, -0.1) is 0 Å². The second-order valence-corrected chi connectivity index (χ2v) is 6.36. The number of hydrogen-bond donors (Lipinski definition) is 1. The van der Waals surface area contributed by atoms with Crippen LogP contribution in [-0.2, 0) is 9.53 Å². The molecule has 24 heavy (non-hydrogen) atoms. The van der Waals surface area contributed by atoms with Gasteiger partial charge in [-0.2, -0.15) is 0 Å². The predicted molar refractivity (Wildman–Crippen MR) is 94.7 cm³/mol. The number of nitrogens with zero attached hydrogens (tertiary/aromatic N) is 1.